The summed E-state index contributed by atoms with van der Waals surface area (Å²) in [7, 11) is 3.35. The van der Waals surface area contributed by atoms with Crippen LogP contribution in [0.1, 0.15) is 18.7 Å². The Hall–Kier alpha value is -1.92. The van der Waals surface area contributed by atoms with E-state index in [1.54, 1.807) is 14.2 Å². The summed E-state index contributed by atoms with van der Waals surface area (Å²) < 4.78 is 18.1. The molecule has 6 heteroatoms. The van der Waals surface area contributed by atoms with E-state index in [1.807, 2.05) is 28.9 Å². The van der Waals surface area contributed by atoms with Crippen LogP contribution in [0, 0.1) is 0 Å². The fraction of sp³-hybridized carbons (Fsp3) is 0.529. The van der Waals surface area contributed by atoms with Crippen LogP contribution in [0.5, 0.6) is 5.75 Å². The minimum atomic E-state index is 0.226. The maximum absolute atomic E-state index is 5.74. The van der Waals surface area contributed by atoms with Gasteiger partial charge in [0.1, 0.15) is 5.75 Å². The van der Waals surface area contributed by atoms with E-state index in [1.165, 1.54) is 0 Å². The first kappa shape index (κ1) is 16.0. The number of rotatable bonds is 7. The summed E-state index contributed by atoms with van der Waals surface area (Å²) in [4.78, 5) is 4.69. The van der Waals surface area contributed by atoms with Gasteiger partial charge in [0.15, 0.2) is 11.6 Å². The fourth-order valence-corrected chi connectivity index (χ4v) is 2.75. The number of aromatic nitrogens is 3. The first-order chi connectivity index (χ1) is 11.3. The molecule has 1 aliphatic rings. The molecule has 0 aliphatic carbocycles. The Kier molecular flexibility index (Phi) is 5.25. The first-order valence-electron chi connectivity index (χ1n) is 7.99. The Morgan fingerprint density at radius 1 is 1.26 bits per heavy atom. The minimum Gasteiger partial charge on any atom is -0.497 e. The lowest BCUT2D eigenvalue weighted by molar-refractivity contribution is 0.0942. The van der Waals surface area contributed by atoms with E-state index in [2.05, 4.69) is 5.10 Å². The molecule has 0 saturated carbocycles. The molecule has 0 N–H and O–H groups in total. The van der Waals surface area contributed by atoms with Gasteiger partial charge in [0, 0.05) is 25.7 Å². The summed E-state index contributed by atoms with van der Waals surface area (Å²) in [5, 5.41) is 4.64. The van der Waals surface area contributed by atoms with E-state index in [0.717, 1.165) is 49.0 Å². The number of methoxy groups -OCH3 is 2. The maximum Gasteiger partial charge on any atom is 0.158 e. The Bertz CT molecular complexity index is 619. The molecule has 1 unspecified atom stereocenters. The van der Waals surface area contributed by atoms with Gasteiger partial charge in [-0.05, 0) is 37.1 Å². The lowest BCUT2D eigenvalue weighted by Gasteiger charge is -2.11. The SMILES string of the molecule is COCCc1nc(-c2ccc(OC)cc2)n(CC2CCCO2)n1. The average molecular weight is 317 g/mol. The molecular weight excluding hydrogens is 294 g/mol. The number of nitrogens with zero attached hydrogens (tertiary/aromatic N) is 3. The molecule has 0 amide bonds. The molecular formula is C17H23N3O3. The Balaban J connectivity index is 1.86. The summed E-state index contributed by atoms with van der Waals surface area (Å²) in [6, 6.07) is 7.90. The average Bonchev–Trinajstić information content (AvgIpc) is 3.23. The van der Waals surface area contributed by atoms with Crippen LogP contribution in [0.25, 0.3) is 11.4 Å². The normalized spacial score (nSPS) is 17.6. The van der Waals surface area contributed by atoms with E-state index < -0.39 is 0 Å². The largest absolute Gasteiger partial charge is 0.497 e. The summed E-state index contributed by atoms with van der Waals surface area (Å²) in [6.07, 6.45) is 3.13. The standard InChI is InChI=1S/C17H23N3O3/c1-21-11-9-16-18-17(13-5-7-14(22-2)8-6-13)20(19-16)12-15-4-3-10-23-15/h5-8,15H,3-4,9-12H2,1-2H3. The van der Waals surface area contributed by atoms with Gasteiger partial charge in [-0.3, -0.25) is 0 Å². The molecule has 0 spiro atoms. The van der Waals surface area contributed by atoms with Gasteiger partial charge in [0.05, 0.1) is 26.4 Å². The highest BCUT2D eigenvalue weighted by molar-refractivity contribution is 5.56. The van der Waals surface area contributed by atoms with Gasteiger partial charge >= 0.3 is 0 Å². The molecule has 0 radical (unpaired) electrons. The van der Waals surface area contributed by atoms with Crippen LogP contribution >= 0.6 is 0 Å². The summed E-state index contributed by atoms with van der Waals surface area (Å²) in [5.74, 6) is 2.50. The summed E-state index contributed by atoms with van der Waals surface area (Å²) >= 11 is 0. The van der Waals surface area contributed by atoms with Crippen LogP contribution in [0.15, 0.2) is 24.3 Å². The molecule has 1 saturated heterocycles. The van der Waals surface area contributed by atoms with Crippen molar-refractivity contribution in [2.45, 2.75) is 31.9 Å². The second-order valence-corrected chi connectivity index (χ2v) is 5.64. The van der Waals surface area contributed by atoms with Crippen molar-refractivity contribution >= 4 is 0 Å². The van der Waals surface area contributed by atoms with Crippen molar-refractivity contribution in [1.29, 1.82) is 0 Å². The van der Waals surface area contributed by atoms with Gasteiger partial charge in [-0.25, -0.2) is 9.67 Å². The Morgan fingerprint density at radius 3 is 2.74 bits per heavy atom. The molecule has 23 heavy (non-hydrogen) atoms. The zero-order valence-corrected chi connectivity index (χ0v) is 13.7. The highest BCUT2D eigenvalue weighted by Crippen LogP contribution is 2.23. The van der Waals surface area contributed by atoms with E-state index in [4.69, 9.17) is 19.2 Å². The van der Waals surface area contributed by atoms with E-state index in [-0.39, 0.29) is 6.10 Å². The van der Waals surface area contributed by atoms with Gasteiger partial charge in [0.2, 0.25) is 0 Å². The topological polar surface area (TPSA) is 58.4 Å². The maximum atomic E-state index is 5.74. The molecule has 1 aliphatic heterocycles. The molecule has 2 aromatic rings. The Morgan fingerprint density at radius 2 is 2.09 bits per heavy atom. The van der Waals surface area contributed by atoms with Gasteiger partial charge in [0.25, 0.3) is 0 Å². The van der Waals surface area contributed by atoms with Crippen LogP contribution in [0.4, 0.5) is 0 Å². The van der Waals surface area contributed by atoms with Crippen LogP contribution in [0.3, 0.4) is 0 Å². The van der Waals surface area contributed by atoms with Gasteiger partial charge in [-0.1, -0.05) is 0 Å². The molecule has 1 atom stereocenters. The second kappa shape index (κ2) is 7.57. The number of benzene rings is 1. The smallest absolute Gasteiger partial charge is 0.158 e. The van der Waals surface area contributed by atoms with Crippen molar-refractivity contribution in [1.82, 2.24) is 14.8 Å². The molecule has 124 valence electrons. The van der Waals surface area contributed by atoms with Gasteiger partial charge in [-0.2, -0.15) is 5.10 Å². The monoisotopic (exact) mass is 317 g/mol. The fourth-order valence-electron chi connectivity index (χ4n) is 2.75. The predicted octanol–water partition coefficient (Wildman–Crippen LogP) is 2.32. The van der Waals surface area contributed by atoms with Gasteiger partial charge in [-0.15, -0.1) is 0 Å². The molecule has 1 fully saturated rings. The predicted molar refractivity (Wildman–Crippen MR) is 86.6 cm³/mol. The summed E-state index contributed by atoms with van der Waals surface area (Å²) in [6.45, 7) is 2.20. The molecule has 2 heterocycles. The first-order valence-corrected chi connectivity index (χ1v) is 7.99. The zero-order chi connectivity index (χ0) is 16.1. The zero-order valence-electron chi connectivity index (χ0n) is 13.7. The molecule has 3 rings (SSSR count). The lowest BCUT2D eigenvalue weighted by atomic mass is 10.2. The van der Waals surface area contributed by atoms with Crippen molar-refractivity contribution in [2.24, 2.45) is 0 Å². The van der Waals surface area contributed by atoms with Crippen LogP contribution < -0.4 is 4.74 Å². The Labute approximate surface area is 136 Å². The molecule has 1 aromatic heterocycles. The third-order valence-corrected chi connectivity index (χ3v) is 3.99. The third-order valence-electron chi connectivity index (χ3n) is 3.99. The van der Waals surface area contributed by atoms with E-state index in [0.29, 0.717) is 13.0 Å². The van der Waals surface area contributed by atoms with Crippen LogP contribution in [0.2, 0.25) is 0 Å². The second-order valence-electron chi connectivity index (χ2n) is 5.64. The quantitative estimate of drug-likeness (QED) is 0.784. The molecule has 0 bridgehead atoms. The highest BCUT2D eigenvalue weighted by atomic mass is 16.5. The number of hydrogen-bond acceptors (Lipinski definition) is 5. The number of ether oxygens (including phenoxy) is 3. The van der Waals surface area contributed by atoms with Gasteiger partial charge < -0.3 is 14.2 Å². The molecule has 6 nitrogen and oxygen atoms in total. The van der Waals surface area contributed by atoms with Crippen LogP contribution in [-0.2, 0) is 22.4 Å². The van der Waals surface area contributed by atoms with Crippen molar-refractivity contribution in [3.05, 3.63) is 30.1 Å². The van der Waals surface area contributed by atoms with Crippen LogP contribution in [-0.4, -0.2) is 48.3 Å². The minimum absolute atomic E-state index is 0.226. The van der Waals surface area contributed by atoms with E-state index in [9.17, 15) is 0 Å². The van der Waals surface area contributed by atoms with Crippen molar-refractivity contribution < 1.29 is 14.2 Å². The third kappa shape index (κ3) is 3.89. The number of hydrogen-bond donors (Lipinski definition) is 0. The molecule has 1 aromatic carbocycles. The van der Waals surface area contributed by atoms with E-state index >= 15 is 0 Å². The van der Waals surface area contributed by atoms with Crippen molar-refractivity contribution in [3.63, 3.8) is 0 Å². The highest BCUT2D eigenvalue weighted by Gasteiger charge is 2.20. The van der Waals surface area contributed by atoms with Crippen molar-refractivity contribution in [2.75, 3.05) is 27.4 Å². The lowest BCUT2D eigenvalue weighted by Crippen LogP contribution is -2.17. The summed E-state index contributed by atoms with van der Waals surface area (Å²) in [5.41, 5.74) is 1.03. The van der Waals surface area contributed by atoms with Crippen molar-refractivity contribution in [3.8, 4) is 17.1 Å².